The van der Waals surface area contributed by atoms with Crippen LogP contribution in [0.25, 0.3) is 15.7 Å². The summed E-state index contributed by atoms with van der Waals surface area (Å²) in [5, 5.41) is 6.46. The minimum absolute atomic E-state index is 0.128. The Labute approximate surface area is 171 Å². The lowest BCUT2D eigenvalue weighted by Gasteiger charge is -2.31. The molecular weight excluding hydrogens is 392 g/mol. The first-order chi connectivity index (χ1) is 14.0. The molecule has 3 aromatic rings. The smallest absolute Gasteiger partial charge is 0.310 e. The molecule has 0 radical (unpaired) electrons. The minimum atomic E-state index is -0.302. The first kappa shape index (κ1) is 19.6. The summed E-state index contributed by atoms with van der Waals surface area (Å²) < 4.78 is 9.26. The van der Waals surface area contributed by atoms with Gasteiger partial charge in [0.2, 0.25) is 5.91 Å². The Balaban J connectivity index is 1.60. The van der Waals surface area contributed by atoms with Crippen LogP contribution in [0.1, 0.15) is 32.5 Å². The zero-order valence-corrected chi connectivity index (χ0v) is 17.4. The van der Waals surface area contributed by atoms with Crippen LogP contribution in [-0.2, 0) is 27.3 Å². The van der Waals surface area contributed by atoms with Gasteiger partial charge in [-0.25, -0.2) is 4.68 Å². The minimum Gasteiger partial charge on any atom is -0.466 e. The van der Waals surface area contributed by atoms with Crippen LogP contribution >= 0.6 is 11.3 Å². The predicted molar refractivity (Wildman–Crippen MR) is 110 cm³/mol. The van der Waals surface area contributed by atoms with Crippen molar-refractivity contribution < 1.29 is 14.3 Å². The molecule has 1 fully saturated rings. The van der Waals surface area contributed by atoms with Crippen LogP contribution in [0.4, 0.5) is 0 Å². The fourth-order valence-corrected chi connectivity index (χ4v) is 4.75. The predicted octanol–water partition coefficient (Wildman–Crippen LogP) is 2.07. The van der Waals surface area contributed by atoms with Gasteiger partial charge in [0, 0.05) is 19.5 Å². The van der Waals surface area contributed by atoms with Gasteiger partial charge in [-0.05, 0) is 37.3 Å². The molecule has 4 heterocycles. The standard InChI is InChI=1S/C20H24N4O4S/c1-3-17-21-23(19(26)15-10-16-14(24(15)17)7-9-29-16)12-18(25)22-8-5-6-13(11-22)20(27)28-4-2/h7,9-10,13H,3-6,8,11-12H2,1-2H3/t13-/m0/s1. The molecule has 9 heteroatoms. The van der Waals surface area contributed by atoms with E-state index in [1.807, 2.05) is 28.8 Å². The van der Waals surface area contributed by atoms with Crippen molar-refractivity contribution in [1.29, 1.82) is 0 Å². The molecule has 0 unspecified atom stereocenters. The average molecular weight is 417 g/mol. The summed E-state index contributed by atoms with van der Waals surface area (Å²) in [4.78, 5) is 39.5. The van der Waals surface area contributed by atoms with Crippen LogP contribution in [0, 0.1) is 5.92 Å². The molecule has 29 heavy (non-hydrogen) atoms. The maximum Gasteiger partial charge on any atom is 0.310 e. The topological polar surface area (TPSA) is 85.9 Å². The number of aryl methyl sites for hydroxylation is 1. The number of nitrogens with zero attached hydrogens (tertiary/aromatic N) is 4. The summed E-state index contributed by atoms with van der Waals surface area (Å²) in [6.45, 7) is 4.86. The number of esters is 1. The Morgan fingerprint density at radius 1 is 1.31 bits per heavy atom. The third-order valence-electron chi connectivity index (χ3n) is 5.37. The normalized spacial score (nSPS) is 17.2. The first-order valence-electron chi connectivity index (χ1n) is 9.96. The number of thiophene rings is 1. The maximum absolute atomic E-state index is 13.0. The van der Waals surface area contributed by atoms with Crippen molar-refractivity contribution in [2.45, 2.75) is 39.7 Å². The van der Waals surface area contributed by atoms with E-state index in [0.717, 1.165) is 22.5 Å². The van der Waals surface area contributed by atoms with Crippen molar-refractivity contribution in [3.05, 3.63) is 33.7 Å². The van der Waals surface area contributed by atoms with Crippen LogP contribution in [0.2, 0.25) is 0 Å². The van der Waals surface area contributed by atoms with Crippen molar-refractivity contribution in [2.75, 3.05) is 19.7 Å². The van der Waals surface area contributed by atoms with Crippen LogP contribution in [0.3, 0.4) is 0 Å². The summed E-state index contributed by atoms with van der Waals surface area (Å²) in [6, 6.07) is 3.84. The largest absolute Gasteiger partial charge is 0.466 e. The van der Waals surface area contributed by atoms with Crippen LogP contribution in [0.5, 0.6) is 0 Å². The van der Waals surface area contributed by atoms with E-state index in [-0.39, 0.29) is 29.9 Å². The van der Waals surface area contributed by atoms with E-state index in [4.69, 9.17) is 4.74 Å². The summed E-state index contributed by atoms with van der Waals surface area (Å²) >= 11 is 1.57. The number of carbonyl (C=O) groups excluding carboxylic acids is 2. The second-order valence-electron chi connectivity index (χ2n) is 7.20. The summed E-state index contributed by atoms with van der Waals surface area (Å²) in [5.41, 5.74) is 1.23. The fraction of sp³-hybridized carbons (Fsp3) is 0.500. The highest BCUT2D eigenvalue weighted by Gasteiger charge is 2.29. The van der Waals surface area contributed by atoms with Crippen molar-refractivity contribution in [3.8, 4) is 0 Å². The number of rotatable bonds is 5. The molecule has 4 rings (SSSR count). The quantitative estimate of drug-likeness (QED) is 0.595. The van der Waals surface area contributed by atoms with Crippen molar-refractivity contribution in [1.82, 2.24) is 19.1 Å². The van der Waals surface area contributed by atoms with Gasteiger partial charge in [0.05, 0.1) is 22.7 Å². The second kappa shape index (κ2) is 7.98. The number of carbonyl (C=O) groups is 2. The average Bonchev–Trinajstić information content (AvgIpc) is 3.32. The number of fused-ring (bicyclic) bond motifs is 3. The monoisotopic (exact) mass is 416 g/mol. The van der Waals surface area contributed by atoms with E-state index in [9.17, 15) is 14.4 Å². The Morgan fingerprint density at radius 3 is 2.90 bits per heavy atom. The number of hydrogen-bond acceptors (Lipinski definition) is 6. The molecule has 0 saturated carbocycles. The molecule has 0 spiro atoms. The lowest BCUT2D eigenvalue weighted by atomic mass is 9.98. The van der Waals surface area contributed by atoms with Crippen LogP contribution in [-0.4, -0.2) is 50.7 Å². The molecular formula is C20H24N4O4S. The molecule has 1 saturated heterocycles. The molecule has 154 valence electrons. The van der Waals surface area contributed by atoms with Crippen molar-refractivity contribution in [2.24, 2.45) is 5.92 Å². The molecule has 1 aliphatic rings. The highest BCUT2D eigenvalue weighted by atomic mass is 32.1. The van der Waals surface area contributed by atoms with Gasteiger partial charge in [-0.2, -0.15) is 5.10 Å². The number of piperidine rings is 1. The van der Waals surface area contributed by atoms with E-state index in [2.05, 4.69) is 5.10 Å². The van der Waals surface area contributed by atoms with Gasteiger partial charge in [0.25, 0.3) is 5.56 Å². The Bertz CT molecular complexity index is 1130. The molecule has 0 N–H and O–H groups in total. The highest BCUT2D eigenvalue weighted by Crippen LogP contribution is 2.25. The first-order valence-corrected chi connectivity index (χ1v) is 10.8. The van der Waals surface area contributed by atoms with Gasteiger partial charge >= 0.3 is 5.97 Å². The Morgan fingerprint density at radius 2 is 2.14 bits per heavy atom. The summed E-state index contributed by atoms with van der Waals surface area (Å²) in [7, 11) is 0. The number of hydrogen-bond donors (Lipinski definition) is 0. The molecule has 8 nitrogen and oxygen atoms in total. The molecule has 1 aliphatic heterocycles. The summed E-state index contributed by atoms with van der Waals surface area (Å²) in [5.74, 6) is -0.0242. The number of likely N-dealkylation sites (tertiary alicyclic amines) is 1. The van der Waals surface area contributed by atoms with Gasteiger partial charge in [-0.1, -0.05) is 6.92 Å². The lowest BCUT2D eigenvalue weighted by molar-refractivity contribution is -0.151. The summed E-state index contributed by atoms with van der Waals surface area (Å²) in [6.07, 6.45) is 2.10. The third kappa shape index (κ3) is 3.55. The van der Waals surface area contributed by atoms with E-state index in [0.29, 0.717) is 38.1 Å². The maximum atomic E-state index is 13.0. The van der Waals surface area contributed by atoms with E-state index in [1.165, 1.54) is 4.68 Å². The Kier molecular flexibility index (Phi) is 5.40. The zero-order valence-electron chi connectivity index (χ0n) is 16.6. The van der Waals surface area contributed by atoms with E-state index >= 15 is 0 Å². The van der Waals surface area contributed by atoms with Gasteiger partial charge in [0.15, 0.2) is 0 Å². The van der Waals surface area contributed by atoms with Gasteiger partial charge < -0.3 is 9.64 Å². The molecule has 0 aliphatic carbocycles. The van der Waals surface area contributed by atoms with Crippen LogP contribution < -0.4 is 5.56 Å². The number of ether oxygens (including phenoxy) is 1. The fourth-order valence-electron chi connectivity index (χ4n) is 3.94. The SMILES string of the molecule is CCOC(=O)[C@H]1CCCN(C(=O)Cn2nc(CC)n3c(cc4sccc43)c2=O)C1. The number of aromatic nitrogens is 3. The zero-order chi connectivity index (χ0) is 20.5. The molecule has 0 bridgehead atoms. The lowest BCUT2D eigenvalue weighted by Crippen LogP contribution is -2.45. The van der Waals surface area contributed by atoms with Crippen molar-refractivity contribution >= 4 is 38.9 Å². The molecule has 1 amide bonds. The van der Waals surface area contributed by atoms with Crippen molar-refractivity contribution in [3.63, 3.8) is 0 Å². The second-order valence-corrected chi connectivity index (χ2v) is 8.15. The molecule has 3 aromatic heterocycles. The molecule has 0 aromatic carbocycles. The van der Waals surface area contributed by atoms with Gasteiger partial charge in [0.1, 0.15) is 17.9 Å². The van der Waals surface area contributed by atoms with Gasteiger partial charge in [-0.3, -0.25) is 18.8 Å². The van der Waals surface area contributed by atoms with E-state index < -0.39 is 0 Å². The van der Waals surface area contributed by atoms with E-state index in [1.54, 1.807) is 23.2 Å². The highest BCUT2D eigenvalue weighted by molar-refractivity contribution is 7.17. The van der Waals surface area contributed by atoms with Gasteiger partial charge in [-0.15, -0.1) is 11.3 Å². The number of amides is 1. The molecule has 1 atom stereocenters. The Hall–Kier alpha value is -2.68. The third-order valence-corrected chi connectivity index (χ3v) is 6.22. The van der Waals surface area contributed by atoms with Crippen LogP contribution in [0.15, 0.2) is 22.3 Å².